The van der Waals surface area contributed by atoms with Gasteiger partial charge in [-0.15, -0.1) is 21.5 Å². The smallest absolute Gasteiger partial charge is 0.269 e. The summed E-state index contributed by atoms with van der Waals surface area (Å²) in [5.74, 6) is 0.639. The molecule has 0 aliphatic heterocycles. The average Bonchev–Trinajstić information content (AvgIpc) is 3.26. The van der Waals surface area contributed by atoms with Gasteiger partial charge in [-0.1, -0.05) is 41.6 Å². The van der Waals surface area contributed by atoms with E-state index in [1.807, 2.05) is 35.9 Å². The Bertz CT molecular complexity index is 1230. The Morgan fingerprint density at radius 1 is 1.21 bits per heavy atom. The molecule has 10 heteroatoms. The third-order valence-electron chi connectivity index (χ3n) is 4.31. The minimum Gasteiger partial charge on any atom is -0.304 e. The third-order valence-corrected chi connectivity index (χ3v) is 7.00. The molecule has 0 aliphatic carbocycles. The van der Waals surface area contributed by atoms with E-state index >= 15 is 0 Å². The molecule has 2 heterocycles. The maximum Gasteiger partial charge on any atom is 0.269 e. The average molecular weight is 445 g/mol. The predicted octanol–water partition coefficient (Wildman–Crippen LogP) is 5.23. The fraction of sp³-hybridized carbons (Fsp3) is 0.105. The van der Waals surface area contributed by atoms with E-state index in [9.17, 15) is 14.9 Å². The second kappa shape index (κ2) is 7.94. The Morgan fingerprint density at radius 3 is 2.62 bits per heavy atom. The van der Waals surface area contributed by atoms with Crippen LogP contribution in [0.25, 0.3) is 20.8 Å². The van der Waals surface area contributed by atoms with Crippen molar-refractivity contribution in [3.63, 3.8) is 0 Å². The summed E-state index contributed by atoms with van der Waals surface area (Å²) in [6.07, 6.45) is 0. The minimum absolute atomic E-state index is 0.0487. The Hall–Kier alpha value is -2.75. The van der Waals surface area contributed by atoms with E-state index in [0.29, 0.717) is 21.6 Å². The van der Waals surface area contributed by atoms with Gasteiger partial charge in [-0.3, -0.25) is 14.9 Å². The van der Waals surface area contributed by atoms with Crippen LogP contribution in [-0.4, -0.2) is 31.2 Å². The first-order chi connectivity index (χ1) is 14.0. The van der Waals surface area contributed by atoms with Gasteiger partial charge in [-0.2, -0.15) is 0 Å². The van der Waals surface area contributed by atoms with Crippen LogP contribution >= 0.6 is 34.7 Å². The number of hydrogen-bond acceptors (Lipinski definition) is 7. The number of thiophene rings is 1. The zero-order valence-corrected chi connectivity index (χ0v) is 17.4. The van der Waals surface area contributed by atoms with Gasteiger partial charge < -0.3 is 4.57 Å². The van der Waals surface area contributed by atoms with Crippen molar-refractivity contribution < 1.29 is 9.72 Å². The van der Waals surface area contributed by atoms with Gasteiger partial charge in [0.25, 0.3) is 5.69 Å². The summed E-state index contributed by atoms with van der Waals surface area (Å²) in [6, 6.07) is 13.4. The molecule has 29 heavy (non-hydrogen) atoms. The van der Waals surface area contributed by atoms with E-state index in [1.165, 1.54) is 36.0 Å². The zero-order chi connectivity index (χ0) is 20.5. The van der Waals surface area contributed by atoms with Gasteiger partial charge in [-0.25, -0.2) is 0 Å². The normalized spacial score (nSPS) is 11.1. The van der Waals surface area contributed by atoms with Crippen LogP contribution in [0.4, 0.5) is 5.69 Å². The minimum atomic E-state index is -0.497. The first-order valence-corrected chi connectivity index (χ1v) is 10.6. The van der Waals surface area contributed by atoms with Gasteiger partial charge in [0.1, 0.15) is 0 Å². The summed E-state index contributed by atoms with van der Waals surface area (Å²) in [7, 11) is 1.83. The largest absolute Gasteiger partial charge is 0.304 e. The number of nitrogens with zero attached hydrogens (tertiary/aromatic N) is 4. The molecule has 0 N–H and O–H groups in total. The lowest BCUT2D eigenvalue weighted by molar-refractivity contribution is -0.384. The molecule has 0 saturated heterocycles. The number of rotatable bonds is 6. The molecule has 7 nitrogen and oxygen atoms in total. The van der Waals surface area contributed by atoms with Gasteiger partial charge in [-0.05, 0) is 18.2 Å². The summed E-state index contributed by atoms with van der Waals surface area (Å²) >= 11 is 9.34. The molecular formula is C19H13ClN4O3S2. The summed E-state index contributed by atoms with van der Waals surface area (Å²) in [6.45, 7) is 0. The van der Waals surface area contributed by atoms with Gasteiger partial charge >= 0.3 is 0 Å². The van der Waals surface area contributed by atoms with Crippen molar-refractivity contribution >= 4 is 56.3 Å². The van der Waals surface area contributed by atoms with Crippen LogP contribution in [0, 0.1) is 10.1 Å². The lowest BCUT2D eigenvalue weighted by Gasteiger charge is -2.03. The fourth-order valence-corrected chi connectivity index (χ4v) is 5.12. The highest BCUT2D eigenvalue weighted by Gasteiger charge is 2.19. The van der Waals surface area contributed by atoms with Crippen LogP contribution in [-0.2, 0) is 7.05 Å². The Balaban J connectivity index is 1.52. The molecule has 0 amide bonds. The number of Topliss-reactive ketones (excluding diaryl/α,β-unsaturated/α-hetero) is 1. The molecule has 0 spiro atoms. The van der Waals surface area contributed by atoms with Crippen LogP contribution in [0.1, 0.15) is 10.4 Å². The molecule has 0 unspecified atom stereocenters. The summed E-state index contributed by atoms with van der Waals surface area (Å²) in [5, 5.41) is 21.4. The highest BCUT2D eigenvalue weighted by atomic mass is 35.5. The summed E-state index contributed by atoms with van der Waals surface area (Å²) < 4.78 is 2.88. The molecule has 0 aliphatic rings. The maximum absolute atomic E-state index is 12.4. The van der Waals surface area contributed by atoms with Crippen molar-refractivity contribution in [2.75, 3.05) is 5.75 Å². The molecule has 4 aromatic rings. The summed E-state index contributed by atoms with van der Waals surface area (Å²) in [5.41, 5.74) is 0.366. The monoisotopic (exact) mass is 444 g/mol. The van der Waals surface area contributed by atoms with Crippen molar-refractivity contribution in [3.8, 4) is 10.7 Å². The lowest BCUT2D eigenvalue weighted by atomic mass is 10.1. The number of non-ortho nitro benzene ring substituents is 1. The second-order valence-electron chi connectivity index (χ2n) is 6.12. The molecule has 0 fully saturated rings. The molecule has 0 saturated carbocycles. The van der Waals surface area contributed by atoms with Crippen LogP contribution in [0.15, 0.2) is 53.7 Å². The SMILES string of the molecule is Cn1c(SCC(=O)c2ccc([N+](=O)[O-])cc2)nnc1-c1sc2ccccc2c1Cl. The van der Waals surface area contributed by atoms with E-state index in [2.05, 4.69) is 10.2 Å². The Morgan fingerprint density at radius 2 is 1.93 bits per heavy atom. The van der Waals surface area contributed by atoms with Gasteiger partial charge in [0.05, 0.1) is 20.6 Å². The number of carbonyl (C=O) groups excluding carboxylic acids is 1. The summed E-state index contributed by atoms with van der Waals surface area (Å²) in [4.78, 5) is 23.4. The van der Waals surface area contributed by atoms with Crippen molar-refractivity contribution in [3.05, 3.63) is 69.2 Å². The highest BCUT2D eigenvalue weighted by molar-refractivity contribution is 7.99. The molecule has 0 bridgehead atoms. The zero-order valence-electron chi connectivity index (χ0n) is 15.0. The quantitative estimate of drug-likeness (QED) is 0.175. The third kappa shape index (κ3) is 3.76. The van der Waals surface area contributed by atoms with Gasteiger partial charge in [0, 0.05) is 34.8 Å². The number of fused-ring (bicyclic) bond motifs is 1. The predicted molar refractivity (Wildman–Crippen MR) is 115 cm³/mol. The molecular weight excluding hydrogens is 432 g/mol. The second-order valence-corrected chi connectivity index (χ2v) is 8.50. The van der Waals surface area contributed by atoms with E-state index < -0.39 is 4.92 Å². The topological polar surface area (TPSA) is 90.9 Å². The number of ketones is 1. The number of aromatic nitrogens is 3. The molecule has 0 atom stereocenters. The first kappa shape index (κ1) is 19.6. The number of benzene rings is 2. The van der Waals surface area contributed by atoms with Crippen LogP contribution in [0.2, 0.25) is 5.02 Å². The van der Waals surface area contributed by atoms with Gasteiger partial charge in [0.15, 0.2) is 16.8 Å². The number of nitro groups is 1. The van der Waals surface area contributed by atoms with Crippen molar-refractivity contribution in [2.24, 2.45) is 7.05 Å². The number of hydrogen-bond donors (Lipinski definition) is 0. The molecule has 146 valence electrons. The highest BCUT2D eigenvalue weighted by Crippen LogP contribution is 2.41. The molecule has 2 aromatic carbocycles. The molecule has 4 rings (SSSR count). The first-order valence-electron chi connectivity index (χ1n) is 8.43. The molecule has 0 radical (unpaired) electrons. The van der Waals surface area contributed by atoms with Gasteiger partial charge in [0.2, 0.25) is 0 Å². The number of carbonyl (C=O) groups is 1. The van der Waals surface area contributed by atoms with E-state index in [0.717, 1.165) is 15.0 Å². The standard InChI is InChI=1S/C19H13ClN4O3S2/c1-23-18(17-16(20)13-4-2-3-5-15(13)29-17)21-22-19(23)28-10-14(25)11-6-8-12(9-7-11)24(26)27/h2-9H,10H2,1H3. The van der Waals surface area contributed by atoms with E-state index in [-0.39, 0.29) is 17.2 Å². The maximum atomic E-state index is 12.4. The van der Waals surface area contributed by atoms with Crippen LogP contribution in [0.5, 0.6) is 0 Å². The fourth-order valence-electron chi connectivity index (χ4n) is 2.78. The van der Waals surface area contributed by atoms with Crippen molar-refractivity contribution in [1.29, 1.82) is 0 Å². The van der Waals surface area contributed by atoms with Crippen molar-refractivity contribution in [1.82, 2.24) is 14.8 Å². The number of nitro benzene ring substituents is 1. The Labute approximate surface area is 178 Å². The van der Waals surface area contributed by atoms with E-state index in [1.54, 1.807) is 11.3 Å². The lowest BCUT2D eigenvalue weighted by Crippen LogP contribution is -2.04. The number of halogens is 1. The van der Waals surface area contributed by atoms with Crippen LogP contribution < -0.4 is 0 Å². The molecule has 2 aromatic heterocycles. The van der Waals surface area contributed by atoms with Crippen LogP contribution in [0.3, 0.4) is 0 Å². The van der Waals surface area contributed by atoms with Crippen molar-refractivity contribution in [2.45, 2.75) is 5.16 Å². The number of thioether (sulfide) groups is 1. The Kier molecular flexibility index (Phi) is 5.35. The van der Waals surface area contributed by atoms with E-state index in [4.69, 9.17) is 11.6 Å².